The van der Waals surface area contributed by atoms with Crippen molar-refractivity contribution in [2.75, 3.05) is 38.7 Å². The number of carbonyl (C=O) groups is 1. The first kappa shape index (κ1) is 25.3. The number of aromatic nitrogens is 4. The Labute approximate surface area is 216 Å². The van der Waals surface area contributed by atoms with E-state index in [0.29, 0.717) is 49.1 Å². The predicted octanol–water partition coefficient (Wildman–Crippen LogP) is 3.46. The highest BCUT2D eigenvalue weighted by Crippen LogP contribution is 2.36. The van der Waals surface area contributed by atoms with Crippen LogP contribution < -0.4 is 10.1 Å². The van der Waals surface area contributed by atoms with Crippen molar-refractivity contribution >= 4 is 22.8 Å². The van der Waals surface area contributed by atoms with E-state index < -0.39 is 0 Å². The average Bonchev–Trinajstić information content (AvgIpc) is 2.91. The molecule has 1 unspecified atom stereocenters. The van der Waals surface area contributed by atoms with Gasteiger partial charge in [-0.1, -0.05) is 13.8 Å². The van der Waals surface area contributed by atoms with Gasteiger partial charge in [0.15, 0.2) is 11.6 Å². The summed E-state index contributed by atoms with van der Waals surface area (Å²) in [6.45, 7) is 6.56. The van der Waals surface area contributed by atoms with Gasteiger partial charge in [-0.05, 0) is 38.4 Å². The maximum Gasteiger partial charge on any atom is 0.323 e. The van der Waals surface area contributed by atoms with E-state index in [1.807, 2.05) is 26.1 Å². The molecule has 2 aliphatic rings. The second-order valence-corrected chi connectivity index (χ2v) is 9.91. The molecular weight excluding hydrogens is 472 g/mol. The largest absolute Gasteiger partial charge is 0.490 e. The third-order valence-corrected chi connectivity index (χ3v) is 6.78. The van der Waals surface area contributed by atoms with Crippen LogP contribution in [0.5, 0.6) is 5.75 Å². The first-order chi connectivity index (χ1) is 18.0. The first-order valence-corrected chi connectivity index (χ1v) is 13.0. The quantitative estimate of drug-likeness (QED) is 0.408. The lowest BCUT2D eigenvalue weighted by Crippen LogP contribution is -2.49. The Kier molecular flexibility index (Phi) is 7.76. The molecule has 10 nitrogen and oxygen atoms in total. The Morgan fingerprint density at radius 3 is 2.76 bits per heavy atom. The van der Waals surface area contributed by atoms with Crippen LogP contribution in [0.2, 0.25) is 0 Å². The molecule has 1 saturated heterocycles. The molecule has 2 aromatic heterocycles. The predicted molar refractivity (Wildman–Crippen MR) is 139 cm³/mol. The molecule has 0 amide bonds. The van der Waals surface area contributed by atoms with Crippen LogP contribution in [0.1, 0.15) is 38.9 Å². The maximum absolute atomic E-state index is 12.8. The standard InChI is InChI=1S/C27H34N6O4/c1-4-9-35-16-24-29-11-18(12-30-24)20-5-6-21-25-26(20)36-14-17(2)15-37-27(34)22-10-19(7-8-33(22)3)31-23(32-25)13-28-21/h5-6,11-13,17,19,22H,4,7-10,14-16H2,1-3H3,(H,31,32)/t17?,19-,22-/m0/s1. The Morgan fingerprint density at radius 2 is 1.95 bits per heavy atom. The molecule has 0 aliphatic carbocycles. The summed E-state index contributed by atoms with van der Waals surface area (Å²) in [4.78, 5) is 33.5. The Hall–Kier alpha value is -3.37. The highest BCUT2D eigenvalue weighted by molar-refractivity contribution is 5.90. The second kappa shape index (κ2) is 11.4. The van der Waals surface area contributed by atoms with Gasteiger partial charge in [0, 0.05) is 48.6 Å². The Bertz CT molecular complexity index is 1240. The SMILES string of the molecule is CCCOCc1ncc(-c2ccc3ncc4nc3c2OCC(C)COC(=O)[C@@H]2C[C@H](CCN2C)N4)cn1. The van der Waals surface area contributed by atoms with Gasteiger partial charge >= 0.3 is 5.97 Å². The van der Waals surface area contributed by atoms with Gasteiger partial charge in [0.25, 0.3) is 0 Å². The van der Waals surface area contributed by atoms with Crippen molar-refractivity contribution in [1.29, 1.82) is 0 Å². The zero-order valence-corrected chi connectivity index (χ0v) is 21.6. The van der Waals surface area contributed by atoms with Gasteiger partial charge in [-0.15, -0.1) is 0 Å². The van der Waals surface area contributed by atoms with Crippen molar-refractivity contribution in [3.05, 3.63) is 36.5 Å². The summed E-state index contributed by atoms with van der Waals surface area (Å²) in [5.74, 6) is 1.70. The van der Waals surface area contributed by atoms with E-state index in [2.05, 4.69) is 32.1 Å². The molecule has 0 radical (unpaired) electrons. The summed E-state index contributed by atoms with van der Waals surface area (Å²) in [5, 5.41) is 3.49. The van der Waals surface area contributed by atoms with E-state index in [0.717, 1.165) is 36.0 Å². The fourth-order valence-electron chi connectivity index (χ4n) is 4.67. The first-order valence-electron chi connectivity index (χ1n) is 13.0. The zero-order valence-electron chi connectivity index (χ0n) is 21.6. The number of nitrogens with one attached hydrogen (secondary N) is 1. The van der Waals surface area contributed by atoms with Gasteiger partial charge in [-0.25, -0.2) is 15.0 Å². The van der Waals surface area contributed by atoms with E-state index in [-0.39, 0.29) is 30.6 Å². The summed E-state index contributed by atoms with van der Waals surface area (Å²) >= 11 is 0. The number of carbonyl (C=O) groups excluding carboxylic acids is 1. The van der Waals surface area contributed by atoms with Crippen molar-refractivity contribution in [1.82, 2.24) is 24.8 Å². The molecule has 1 aromatic carbocycles. The molecule has 196 valence electrons. The van der Waals surface area contributed by atoms with Gasteiger partial charge in [0.05, 0.1) is 24.9 Å². The monoisotopic (exact) mass is 506 g/mol. The van der Waals surface area contributed by atoms with E-state index in [9.17, 15) is 4.79 Å². The number of anilines is 1. The molecule has 3 atom stereocenters. The van der Waals surface area contributed by atoms with Gasteiger partial charge < -0.3 is 19.5 Å². The molecule has 2 aliphatic heterocycles. The summed E-state index contributed by atoms with van der Waals surface area (Å²) in [6.07, 6.45) is 7.79. The van der Waals surface area contributed by atoms with Crippen LogP contribution in [0.15, 0.2) is 30.7 Å². The minimum absolute atomic E-state index is 0.0108. The van der Waals surface area contributed by atoms with E-state index >= 15 is 0 Å². The molecule has 3 aromatic rings. The number of piperidine rings is 1. The number of likely N-dealkylation sites (tertiary alicyclic amines) is 1. The summed E-state index contributed by atoms with van der Waals surface area (Å²) in [7, 11) is 1.97. The van der Waals surface area contributed by atoms with Crippen molar-refractivity contribution in [3.63, 3.8) is 0 Å². The highest BCUT2D eigenvalue weighted by Gasteiger charge is 2.33. The molecule has 4 heterocycles. The number of fused-ring (bicyclic) bond motifs is 3. The Balaban J connectivity index is 1.51. The minimum Gasteiger partial charge on any atom is -0.490 e. The van der Waals surface area contributed by atoms with Crippen LogP contribution in [-0.2, 0) is 20.9 Å². The summed E-state index contributed by atoms with van der Waals surface area (Å²) in [5.41, 5.74) is 3.05. The molecule has 4 bridgehead atoms. The number of rotatable bonds is 5. The Morgan fingerprint density at radius 1 is 1.14 bits per heavy atom. The van der Waals surface area contributed by atoms with Crippen molar-refractivity contribution < 1.29 is 19.0 Å². The average molecular weight is 507 g/mol. The number of ether oxygens (including phenoxy) is 3. The number of nitrogens with zero attached hydrogens (tertiary/aromatic N) is 5. The third kappa shape index (κ3) is 5.80. The fraction of sp³-hybridized carbons (Fsp3) is 0.519. The highest BCUT2D eigenvalue weighted by atomic mass is 16.5. The molecule has 5 rings (SSSR count). The van der Waals surface area contributed by atoms with Gasteiger partial charge in [-0.3, -0.25) is 14.7 Å². The van der Waals surface area contributed by atoms with Crippen LogP contribution in [0.4, 0.5) is 5.82 Å². The topological polar surface area (TPSA) is 112 Å². The molecule has 0 saturated carbocycles. The van der Waals surface area contributed by atoms with Crippen LogP contribution in [0.25, 0.3) is 22.2 Å². The van der Waals surface area contributed by atoms with Crippen LogP contribution in [-0.4, -0.2) is 76.3 Å². The lowest BCUT2D eigenvalue weighted by Gasteiger charge is -2.36. The summed E-state index contributed by atoms with van der Waals surface area (Å²) in [6, 6.07) is 3.70. The normalized spacial score (nSPS) is 22.7. The number of cyclic esters (lactones) is 1. The zero-order chi connectivity index (χ0) is 25.8. The minimum atomic E-state index is -0.284. The van der Waals surface area contributed by atoms with Crippen molar-refractivity contribution in [3.8, 4) is 16.9 Å². The van der Waals surface area contributed by atoms with Gasteiger partial charge in [-0.2, -0.15) is 0 Å². The molecule has 37 heavy (non-hydrogen) atoms. The maximum atomic E-state index is 12.8. The van der Waals surface area contributed by atoms with Crippen molar-refractivity contribution in [2.24, 2.45) is 5.92 Å². The molecule has 10 heteroatoms. The number of esters is 1. The van der Waals surface area contributed by atoms with E-state index in [1.54, 1.807) is 18.6 Å². The molecule has 1 fully saturated rings. The van der Waals surface area contributed by atoms with Gasteiger partial charge in [0.1, 0.15) is 24.0 Å². The number of hydrogen-bond donors (Lipinski definition) is 1. The van der Waals surface area contributed by atoms with E-state index in [1.165, 1.54) is 0 Å². The van der Waals surface area contributed by atoms with Crippen LogP contribution in [0, 0.1) is 5.92 Å². The molecular formula is C27H34N6O4. The van der Waals surface area contributed by atoms with E-state index in [4.69, 9.17) is 19.2 Å². The number of hydrogen-bond acceptors (Lipinski definition) is 10. The lowest BCUT2D eigenvalue weighted by atomic mass is 9.97. The molecule has 1 N–H and O–H groups in total. The van der Waals surface area contributed by atoms with Crippen LogP contribution >= 0.6 is 0 Å². The smallest absolute Gasteiger partial charge is 0.323 e. The third-order valence-electron chi connectivity index (χ3n) is 6.78. The number of benzene rings is 1. The van der Waals surface area contributed by atoms with Crippen molar-refractivity contribution in [2.45, 2.75) is 51.8 Å². The second-order valence-electron chi connectivity index (χ2n) is 9.91. The molecule has 0 spiro atoms. The lowest BCUT2D eigenvalue weighted by molar-refractivity contribution is -0.152. The number of likely N-dealkylation sites (N-methyl/N-ethyl adjacent to an activating group) is 1. The summed E-state index contributed by atoms with van der Waals surface area (Å²) < 4.78 is 17.6. The van der Waals surface area contributed by atoms with Gasteiger partial charge in [0.2, 0.25) is 0 Å². The van der Waals surface area contributed by atoms with Crippen LogP contribution in [0.3, 0.4) is 0 Å². The fourth-order valence-corrected chi connectivity index (χ4v) is 4.67.